The van der Waals surface area contributed by atoms with Gasteiger partial charge in [0, 0.05) is 18.7 Å². The molecule has 0 aliphatic heterocycles. The number of carbonyl (C=O) groups is 1. The molecule has 0 aliphatic carbocycles. The zero-order valence-corrected chi connectivity index (χ0v) is 11.1. The van der Waals surface area contributed by atoms with Crippen molar-refractivity contribution in [3.63, 3.8) is 0 Å². The van der Waals surface area contributed by atoms with Crippen molar-refractivity contribution in [2.24, 2.45) is 0 Å². The molecule has 0 bridgehead atoms. The molecule has 1 aromatic carbocycles. The number of rotatable bonds is 3. The minimum Gasteiger partial charge on any atom is -0.361 e. The number of halogens is 1. The van der Waals surface area contributed by atoms with E-state index in [1.807, 2.05) is 0 Å². The molecule has 1 amide bonds. The number of carbonyl (C=O) groups excluding carboxylic acids is 1. The lowest BCUT2D eigenvalue weighted by molar-refractivity contribution is 0.0781. The van der Waals surface area contributed by atoms with Crippen molar-refractivity contribution >= 4 is 5.91 Å². The van der Waals surface area contributed by atoms with Crippen LogP contribution in [0.2, 0.25) is 0 Å². The minimum absolute atomic E-state index is 0.168. The van der Waals surface area contributed by atoms with Gasteiger partial charge in [0.05, 0.1) is 6.54 Å². The van der Waals surface area contributed by atoms with Gasteiger partial charge in [-0.2, -0.15) is 0 Å². The van der Waals surface area contributed by atoms with Crippen LogP contribution in [-0.2, 0) is 6.54 Å². The summed E-state index contributed by atoms with van der Waals surface area (Å²) in [6, 6.07) is 5.91. The highest BCUT2D eigenvalue weighted by atomic mass is 19.1. The second-order valence-electron chi connectivity index (χ2n) is 4.55. The van der Waals surface area contributed by atoms with Crippen LogP contribution in [0, 0.1) is 19.7 Å². The van der Waals surface area contributed by atoms with Crippen molar-refractivity contribution in [1.82, 2.24) is 10.1 Å². The van der Waals surface area contributed by atoms with Crippen LogP contribution in [0.1, 0.15) is 27.4 Å². The van der Waals surface area contributed by atoms with Gasteiger partial charge in [-0.25, -0.2) is 4.39 Å². The summed E-state index contributed by atoms with van der Waals surface area (Å²) in [6.45, 7) is 3.86. The van der Waals surface area contributed by atoms with Crippen LogP contribution < -0.4 is 0 Å². The van der Waals surface area contributed by atoms with Crippen molar-refractivity contribution in [3.05, 3.63) is 52.7 Å². The smallest absolute Gasteiger partial charge is 0.254 e. The van der Waals surface area contributed by atoms with E-state index in [0.29, 0.717) is 29.1 Å². The van der Waals surface area contributed by atoms with E-state index in [0.717, 1.165) is 0 Å². The molecule has 0 saturated carbocycles. The highest BCUT2D eigenvalue weighted by molar-refractivity contribution is 5.95. The fraction of sp³-hybridized carbons (Fsp3) is 0.286. The molecule has 0 N–H and O–H groups in total. The van der Waals surface area contributed by atoms with E-state index in [4.69, 9.17) is 4.52 Å². The second-order valence-corrected chi connectivity index (χ2v) is 4.55. The van der Waals surface area contributed by atoms with Gasteiger partial charge in [-0.05, 0) is 37.6 Å². The first kappa shape index (κ1) is 13.3. The Hall–Kier alpha value is -2.17. The summed E-state index contributed by atoms with van der Waals surface area (Å²) in [6.07, 6.45) is 0. The third kappa shape index (κ3) is 2.99. The highest BCUT2D eigenvalue weighted by Gasteiger charge is 2.16. The molecular formula is C14H15FN2O2. The maximum Gasteiger partial charge on any atom is 0.254 e. The van der Waals surface area contributed by atoms with Crippen molar-refractivity contribution < 1.29 is 13.7 Å². The van der Waals surface area contributed by atoms with Gasteiger partial charge >= 0.3 is 0 Å². The molecule has 100 valence electrons. The Morgan fingerprint density at radius 1 is 1.37 bits per heavy atom. The molecule has 2 rings (SSSR count). The molecule has 1 aromatic heterocycles. The van der Waals surface area contributed by atoms with E-state index in [-0.39, 0.29) is 11.7 Å². The summed E-state index contributed by atoms with van der Waals surface area (Å²) in [4.78, 5) is 13.8. The number of amides is 1. The highest BCUT2D eigenvalue weighted by Crippen LogP contribution is 2.14. The predicted molar refractivity (Wildman–Crippen MR) is 68.2 cm³/mol. The van der Waals surface area contributed by atoms with Gasteiger partial charge in [-0.15, -0.1) is 0 Å². The SMILES string of the molecule is Cc1cc(CN(C)C(=O)c2ccc(F)cc2C)no1. The molecule has 0 atom stereocenters. The predicted octanol–water partition coefficient (Wildman–Crippen LogP) is 2.70. The van der Waals surface area contributed by atoms with Crippen LogP contribution in [-0.4, -0.2) is 23.0 Å². The molecule has 0 saturated heterocycles. The first-order valence-electron chi connectivity index (χ1n) is 5.91. The molecule has 4 nitrogen and oxygen atoms in total. The quantitative estimate of drug-likeness (QED) is 0.854. The lowest BCUT2D eigenvalue weighted by atomic mass is 10.1. The zero-order valence-electron chi connectivity index (χ0n) is 11.1. The third-order valence-electron chi connectivity index (χ3n) is 2.84. The van der Waals surface area contributed by atoms with Crippen LogP contribution in [0.15, 0.2) is 28.8 Å². The molecule has 0 aliphatic rings. The largest absolute Gasteiger partial charge is 0.361 e. The average Bonchev–Trinajstić information content (AvgIpc) is 2.74. The summed E-state index contributed by atoms with van der Waals surface area (Å²) in [7, 11) is 1.68. The lowest BCUT2D eigenvalue weighted by Crippen LogP contribution is -2.27. The second kappa shape index (κ2) is 5.22. The van der Waals surface area contributed by atoms with Crippen molar-refractivity contribution in [3.8, 4) is 0 Å². The number of aryl methyl sites for hydroxylation is 2. The van der Waals surface area contributed by atoms with Crippen LogP contribution in [0.25, 0.3) is 0 Å². The fourth-order valence-electron chi connectivity index (χ4n) is 1.88. The maximum absolute atomic E-state index is 13.0. The Morgan fingerprint density at radius 3 is 2.68 bits per heavy atom. The van der Waals surface area contributed by atoms with Crippen LogP contribution in [0.3, 0.4) is 0 Å². The van der Waals surface area contributed by atoms with E-state index in [2.05, 4.69) is 5.16 Å². The van der Waals surface area contributed by atoms with Crippen molar-refractivity contribution in [2.45, 2.75) is 20.4 Å². The first-order chi connectivity index (χ1) is 8.97. The summed E-state index contributed by atoms with van der Waals surface area (Å²) < 4.78 is 18.0. The Kier molecular flexibility index (Phi) is 3.64. The zero-order chi connectivity index (χ0) is 14.0. The molecule has 5 heteroatoms. The average molecular weight is 262 g/mol. The van der Waals surface area contributed by atoms with Gasteiger partial charge in [0.2, 0.25) is 0 Å². The fourth-order valence-corrected chi connectivity index (χ4v) is 1.88. The number of benzene rings is 1. The molecule has 0 unspecified atom stereocenters. The van der Waals surface area contributed by atoms with Gasteiger partial charge in [0.1, 0.15) is 17.3 Å². The monoisotopic (exact) mass is 262 g/mol. The van der Waals surface area contributed by atoms with Gasteiger partial charge in [-0.3, -0.25) is 4.79 Å². The molecule has 1 heterocycles. The summed E-state index contributed by atoms with van der Waals surface area (Å²) >= 11 is 0. The standard InChI is InChI=1S/C14H15FN2O2/c1-9-6-11(15)4-5-13(9)14(18)17(3)8-12-7-10(2)19-16-12/h4-7H,8H2,1-3H3. The summed E-state index contributed by atoms with van der Waals surface area (Å²) in [5, 5.41) is 3.84. The van der Waals surface area contributed by atoms with E-state index < -0.39 is 0 Å². The van der Waals surface area contributed by atoms with Gasteiger partial charge < -0.3 is 9.42 Å². The van der Waals surface area contributed by atoms with E-state index in [9.17, 15) is 9.18 Å². The van der Waals surface area contributed by atoms with Crippen molar-refractivity contribution in [2.75, 3.05) is 7.05 Å². The molecule has 19 heavy (non-hydrogen) atoms. The lowest BCUT2D eigenvalue weighted by Gasteiger charge is -2.16. The Labute approximate surface area is 110 Å². The number of hydrogen-bond donors (Lipinski definition) is 0. The molecule has 0 spiro atoms. The molecule has 2 aromatic rings. The normalized spacial score (nSPS) is 10.5. The minimum atomic E-state index is -0.344. The Morgan fingerprint density at radius 2 is 2.11 bits per heavy atom. The molecule has 0 fully saturated rings. The van der Waals surface area contributed by atoms with Gasteiger partial charge in [0.15, 0.2) is 0 Å². The molecular weight excluding hydrogens is 247 g/mol. The number of hydrogen-bond acceptors (Lipinski definition) is 3. The number of nitrogens with zero attached hydrogens (tertiary/aromatic N) is 2. The topological polar surface area (TPSA) is 46.3 Å². The van der Waals surface area contributed by atoms with E-state index in [1.165, 1.54) is 23.1 Å². The summed E-state index contributed by atoms with van der Waals surface area (Å²) in [5.41, 5.74) is 1.80. The first-order valence-corrected chi connectivity index (χ1v) is 5.91. The van der Waals surface area contributed by atoms with Gasteiger partial charge in [0.25, 0.3) is 5.91 Å². The van der Waals surface area contributed by atoms with Gasteiger partial charge in [-0.1, -0.05) is 5.16 Å². The van der Waals surface area contributed by atoms with E-state index in [1.54, 1.807) is 27.0 Å². The molecule has 0 radical (unpaired) electrons. The Bertz CT molecular complexity index is 607. The third-order valence-corrected chi connectivity index (χ3v) is 2.84. The van der Waals surface area contributed by atoms with Crippen LogP contribution >= 0.6 is 0 Å². The van der Waals surface area contributed by atoms with Crippen molar-refractivity contribution in [1.29, 1.82) is 0 Å². The van der Waals surface area contributed by atoms with Crippen LogP contribution in [0.4, 0.5) is 4.39 Å². The Balaban J connectivity index is 2.14. The maximum atomic E-state index is 13.0. The summed E-state index contributed by atoms with van der Waals surface area (Å²) in [5.74, 6) is 0.191. The number of aromatic nitrogens is 1. The van der Waals surface area contributed by atoms with E-state index >= 15 is 0 Å². The van der Waals surface area contributed by atoms with Crippen LogP contribution in [0.5, 0.6) is 0 Å².